The number of aromatic nitrogens is 3. The van der Waals surface area contributed by atoms with Crippen LogP contribution in [0.5, 0.6) is 0 Å². The number of sulfonamides is 1. The Morgan fingerprint density at radius 2 is 1.90 bits per heavy atom. The molecule has 0 spiro atoms. The van der Waals surface area contributed by atoms with Gasteiger partial charge in [0.1, 0.15) is 0 Å². The topological polar surface area (TPSA) is 117 Å². The molecular formula is C19H21F2N5O3S. The lowest BCUT2D eigenvalue weighted by Gasteiger charge is -2.11. The highest BCUT2D eigenvalue weighted by Crippen LogP contribution is 2.29. The number of nitrogens with zero attached hydrogens (tertiary/aromatic N) is 2. The number of H-pyrrole nitrogens is 1. The van der Waals surface area contributed by atoms with Gasteiger partial charge in [0.05, 0.1) is 34.3 Å². The summed E-state index contributed by atoms with van der Waals surface area (Å²) in [7, 11) is -3.85. The van der Waals surface area contributed by atoms with Crippen LogP contribution in [0, 0.1) is 11.6 Å². The molecule has 160 valence electrons. The van der Waals surface area contributed by atoms with Crippen molar-refractivity contribution in [2.75, 3.05) is 17.0 Å². The second-order valence-corrected chi connectivity index (χ2v) is 8.46. The molecule has 0 aromatic carbocycles. The molecule has 30 heavy (non-hydrogen) atoms. The van der Waals surface area contributed by atoms with Gasteiger partial charge >= 0.3 is 0 Å². The van der Waals surface area contributed by atoms with Crippen molar-refractivity contribution in [1.82, 2.24) is 20.3 Å². The number of rotatable bonds is 8. The molecule has 3 aromatic rings. The average molecular weight is 437 g/mol. The Bertz CT molecular complexity index is 1240. The van der Waals surface area contributed by atoms with E-state index in [1.807, 2.05) is 11.6 Å². The van der Waals surface area contributed by atoms with Gasteiger partial charge in [0.25, 0.3) is 5.56 Å². The number of nitrogens with one attached hydrogen (secondary N) is 3. The highest BCUT2D eigenvalue weighted by molar-refractivity contribution is 7.92. The van der Waals surface area contributed by atoms with Crippen molar-refractivity contribution in [2.24, 2.45) is 0 Å². The van der Waals surface area contributed by atoms with Gasteiger partial charge in [-0.3, -0.25) is 14.5 Å². The van der Waals surface area contributed by atoms with Gasteiger partial charge in [-0.2, -0.15) is 0 Å². The molecule has 0 aliphatic heterocycles. The van der Waals surface area contributed by atoms with Gasteiger partial charge in [-0.25, -0.2) is 22.2 Å². The third-order valence-corrected chi connectivity index (χ3v) is 5.76. The van der Waals surface area contributed by atoms with Crippen molar-refractivity contribution >= 4 is 26.7 Å². The van der Waals surface area contributed by atoms with Crippen LogP contribution in [0.1, 0.15) is 26.0 Å². The van der Waals surface area contributed by atoms with Crippen LogP contribution < -0.4 is 15.6 Å². The first-order valence-corrected chi connectivity index (χ1v) is 11.0. The van der Waals surface area contributed by atoms with Crippen LogP contribution in [0.4, 0.5) is 14.6 Å². The van der Waals surface area contributed by atoms with Crippen LogP contribution in [0.25, 0.3) is 22.0 Å². The zero-order chi connectivity index (χ0) is 21.9. The number of hydrogen-bond acceptors (Lipinski definition) is 6. The maximum atomic E-state index is 15.0. The zero-order valence-electron chi connectivity index (χ0n) is 16.4. The van der Waals surface area contributed by atoms with Crippen molar-refractivity contribution in [1.29, 1.82) is 0 Å². The highest BCUT2D eigenvalue weighted by atomic mass is 32.2. The molecule has 3 heterocycles. The third kappa shape index (κ3) is 4.62. The minimum Gasteiger partial charge on any atom is -0.321 e. The summed E-state index contributed by atoms with van der Waals surface area (Å²) in [4.78, 5) is 22.9. The molecule has 0 radical (unpaired) electrons. The molecule has 0 aliphatic rings. The second kappa shape index (κ2) is 8.84. The van der Waals surface area contributed by atoms with Crippen LogP contribution in [-0.2, 0) is 16.6 Å². The summed E-state index contributed by atoms with van der Waals surface area (Å²) in [5.74, 6) is -3.28. The first kappa shape index (κ1) is 21.8. The second-order valence-electron chi connectivity index (χ2n) is 6.62. The van der Waals surface area contributed by atoms with E-state index < -0.39 is 38.6 Å². The van der Waals surface area contributed by atoms with Crippen molar-refractivity contribution in [3.05, 3.63) is 52.2 Å². The molecule has 0 saturated carbocycles. The van der Waals surface area contributed by atoms with E-state index in [0.29, 0.717) is 35.8 Å². The van der Waals surface area contributed by atoms with Crippen molar-refractivity contribution in [3.63, 3.8) is 0 Å². The Morgan fingerprint density at radius 1 is 1.13 bits per heavy atom. The van der Waals surface area contributed by atoms with E-state index in [-0.39, 0.29) is 11.3 Å². The summed E-state index contributed by atoms with van der Waals surface area (Å²) in [5, 5.41) is 3.58. The summed E-state index contributed by atoms with van der Waals surface area (Å²) in [6, 6.07) is 2.98. The smallest absolute Gasteiger partial charge is 0.256 e. The maximum Gasteiger partial charge on any atom is 0.256 e. The molecule has 0 saturated heterocycles. The van der Waals surface area contributed by atoms with Gasteiger partial charge in [-0.05, 0) is 25.1 Å². The van der Waals surface area contributed by atoms with Gasteiger partial charge in [0, 0.05) is 18.1 Å². The highest BCUT2D eigenvalue weighted by Gasteiger charge is 2.22. The molecule has 0 atom stereocenters. The lowest BCUT2D eigenvalue weighted by Crippen LogP contribution is -2.19. The van der Waals surface area contributed by atoms with Crippen LogP contribution in [0.2, 0.25) is 0 Å². The van der Waals surface area contributed by atoms with Crippen molar-refractivity contribution in [2.45, 2.75) is 26.8 Å². The van der Waals surface area contributed by atoms with Crippen LogP contribution in [0.3, 0.4) is 0 Å². The zero-order valence-corrected chi connectivity index (χ0v) is 17.2. The normalized spacial score (nSPS) is 11.7. The predicted octanol–water partition coefficient (Wildman–Crippen LogP) is 2.52. The number of halogens is 2. The van der Waals surface area contributed by atoms with E-state index in [1.54, 1.807) is 13.0 Å². The summed E-state index contributed by atoms with van der Waals surface area (Å²) >= 11 is 0. The average Bonchev–Trinajstić information content (AvgIpc) is 2.69. The van der Waals surface area contributed by atoms with E-state index in [4.69, 9.17) is 0 Å². The molecular weight excluding hydrogens is 416 g/mol. The minimum absolute atomic E-state index is 0.252. The number of fused-ring (bicyclic) bond motifs is 1. The molecule has 0 unspecified atom stereocenters. The predicted molar refractivity (Wildman–Crippen MR) is 111 cm³/mol. The van der Waals surface area contributed by atoms with Gasteiger partial charge in [0.15, 0.2) is 17.5 Å². The monoisotopic (exact) mass is 437 g/mol. The van der Waals surface area contributed by atoms with Gasteiger partial charge in [0.2, 0.25) is 10.0 Å². The quantitative estimate of drug-likeness (QED) is 0.499. The molecule has 3 rings (SSSR count). The van der Waals surface area contributed by atoms with E-state index in [9.17, 15) is 22.0 Å². The summed E-state index contributed by atoms with van der Waals surface area (Å²) in [5.41, 5.74) is -0.530. The van der Waals surface area contributed by atoms with Crippen molar-refractivity contribution < 1.29 is 17.2 Å². The minimum atomic E-state index is -3.85. The standard InChI is InChI=1S/C19H21F2N5O3S/c1-3-5-30(28,29)26-18-17(21)16(14(20)10-24-18)13-6-11-8-23-12(9-22-4-2)7-15(11)25-19(13)27/h6-8,10,22H,3-5,9H2,1-2H3,(H,24,26)(H,25,27). The number of anilines is 1. The molecule has 3 N–H and O–H groups in total. The van der Waals surface area contributed by atoms with E-state index in [1.165, 1.54) is 12.3 Å². The van der Waals surface area contributed by atoms with Crippen LogP contribution >= 0.6 is 0 Å². The van der Waals surface area contributed by atoms with Crippen LogP contribution in [-0.4, -0.2) is 35.7 Å². The Labute approximate surface area is 171 Å². The first-order chi connectivity index (χ1) is 14.3. The summed E-state index contributed by atoms with van der Waals surface area (Å²) in [6.45, 7) is 4.85. The Balaban J connectivity index is 2.09. The van der Waals surface area contributed by atoms with Gasteiger partial charge in [-0.1, -0.05) is 13.8 Å². The Kier molecular flexibility index (Phi) is 6.42. The van der Waals surface area contributed by atoms with E-state index >= 15 is 0 Å². The van der Waals surface area contributed by atoms with Gasteiger partial charge < -0.3 is 10.3 Å². The van der Waals surface area contributed by atoms with E-state index in [2.05, 4.69) is 20.3 Å². The maximum absolute atomic E-state index is 15.0. The lowest BCUT2D eigenvalue weighted by molar-refractivity contribution is 0.579. The molecule has 11 heteroatoms. The largest absolute Gasteiger partial charge is 0.321 e. The summed E-state index contributed by atoms with van der Waals surface area (Å²) < 4.78 is 55.3. The fourth-order valence-corrected chi connectivity index (χ4v) is 4.01. The third-order valence-electron chi connectivity index (χ3n) is 4.31. The molecule has 0 bridgehead atoms. The SMILES string of the molecule is CCCS(=O)(=O)Nc1ncc(F)c(-c2cc3cnc(CNCC)cc3[nH]c2=O)c1F. The lowest BCUT2D eigenvalue weighted by atomic mass is 10.1. The van der Waals surface area contributed by atoms with Gasteiger partial charge in [-0.15, -0.1) is 0 Å². The van der Waals surface area contributed by atoms with E-state index in [0.717, 1.165) is 6.54 Å². The molecule has 3 aromatic heterocycles. The molecule has 0 aliphatic carbocycles. The Morgan fingerprint density at radius 3 is 2.60 bits per heavy atom. The van der Waals surface area contributed by atoms with Crippen molar-refractivity contribution in [3.8, 4) is 11.1 Å². The number of aromatic amines is 1. The number of hydrogen-bond donors (Lipinski definition) is 3. The summed E-state index contributed by atoms with van der Waals surface area (Å²) in [6.07, 6.45) is 2.46. The number of pyridine rings is 3. The van der Waals surface area contributed by atoms with Crippen LogP contribution in [0.15, 0.2) is 29.3 Å². The fourth-order valence-electron chi connectivity index (χ4n) is 2.93. The molecule has 8 nitrogen and oxygen atoms in total. The first-order valence-electron chi connectivity index (χ1n) is 9.33. The fraction of sp³-hybridized carbons (Fsp3) is 0.316. The molecule has 0 fully saturated rings. The molecule has 0 amide bonds. The Hall–Kier alpha value is -2.92.